The van der Waals surface area contributed by atoms with Crippen LogP contribution in [-0.4, -0.2) is 196 Å². The highest BCUT2D eigenvalue weighted by atomic mass is 16.5. The molecule has 2 aliphatic rings. The first-order valence-electron chi connectivity index (χ1n) is 32.4. The van der Waals surface area contributed by atoms with E-state index in [9.17, 15) is 63.6 Å². The maximum absolute atomic E-state index is 15.6. The van der Waals surface area contributed by atoms with E-state index in [4.69, 9.17) is 27.3 Å². The Hall–Kier alpha value is -8.85. The lowest BCUT2D eigenvalue weighted by molar-refractivity contribution is -0.159. The van der Waals surface area contributed by atoms with Gasteiger partial charge in [-0.2, -0.15) is 0 Å². The Morgan fingerprint density at radius 1 is 0.656 bits per heavy atom. The van der Waals surface area contributed by atoms with Gasteiger partial charge in [0.25, 0.3) is 0 Å². The molecule has 15 atom stereocenters. The van der Waals surface area contributed by atoms with Crippen LogP contribution in [0.15, 0.2) is 60.7 Å². The molecule has 1 heterocycles. The van der Waals surface area contributed by atoms with Crippen molar-refractivity contribution >= 4 is 76.9 Å². The van der Waals surface area contributed by atoms with E-state index in [1.165, 1.54) is 44.2 Å². The first-order chi connectivity index (χ1) is 45.4. The van der Waals surface area contributed by atoms with Crippen LogP contribution in [0.4, 0.5) is 0 Å². The molecule has 2 aromatic carbocycles. The van der Waals surface area contributed by atoms with Crippen LogP contribution < -0.4 is 75.7 Å². The standard InChI is InChI=1S/C64H99N15O17/c1-8-34(6)45-59(91)77-46(35(7)81)58(90)70-30-44(82)75-48(51(84)53(66)85)61(93)74-43(31-80)63(95)96-52(38-23-16-11-17-24-38)49(79-57(89)42(29-37-21-14-10-15-22-37)72-54(86)39(65)28-36-19-12-9-13-20-36)62(94)78-47(50(83)33(4)5)60(92)73-41(27-32(2)3)56(88)71-40(55(87)76-45)25-18-26-69-64(67)68/h10-11,14-17,21-24,32-36,39-43,45-52,80-81,83-84H,8-9,12-13,18-20,25-31,65H2,1-7H3,(H2,66,85)(H,70,90)(H,71,88)(H,72,86)(H,73,92)(H,74,93)(H,75,82)(H,76,87)(H,77,91)(H,78,94)(H,79,89)(H4,67,68,69)/t34-,35-,39-,40+,41-,42-,43-,45-,46-,47-,48-,49-,50+,51-,52+/m0/s1. The summed E-state index contributed by atoms with van der Waals surface area (Å²) in [5, 5.41) is 78.9. The Morgan fingerprint density at radius 2 is 1.22 bits per heavy atom. The molecule has 0 bridgehead atoms. The van der Waals surface area contributed by atoms with Gasteiger partial charge in [0.05, 0.1) is 31.4 Å². The van der Waals surface area contributed by atoms with Crippen LogP contribution >= 0.6 is 0 Å². The summed E-state index contributed by atoms with van der Waals surface area (Å²) < 4.78 is 6.00. The zero-order chi connectivity index (χ0) is 71.5. The first kappa shape index (κ1) is 79.6. The van der Waals surface area contributed by atoms with Gasteiger partial charge in [0, 0.05) is 13.0 Å². The van der Waals surface area contributed by atoms with Crippen molar-refractivity contribution < 1.29 is 82.7 Å². The maximum atomic E-state index is 15.6. The van der Waals surface area contributed by atoms with Crippen LogP contribution in [-0.2, 0) is 68.7 Å². The fraction of sp³-hybridized carbons (Fsp3) is 0.609. The minimum atomic E-state index is -2.58. The number of primary amides is 1. The summed E-state index contributed by atoms with van der Waals surface area (Å²) in [4.78, 5) is 172. The number of guanidine groups is 1. The molecule has 2 fully saturated rings. The molecule has 1 saturated heterocycles. The molecule has 0 aromatic heterocycles. The van der Waals surface area contributed by atoms with Gasteiger partial charge >= 0.3 is 5.97 Å². The highest BCUT2D eigenvalue weighted by Crippen LogP contribution is 2.28. The lowest BCUT2D eigenvalue weighted by atomic mass is 9.85. The second-order valence-electron chi connectivity index (χ2n) is 25.3. The molecule has 0 spiro atoms. The largest absolute Gasteiger partial charge is 0.453 e. The molecule has 1 aliphatic carbocycles. The van der Waals surface area contributed by atoms with E-state index in [0.29, 0.717) is 12.0 Å². The summed E-state index contributed by atoms with van der Waals surface area (Å²) in [7, 11) is 0. The number of cyclic esters (lactones) is 1. The zero-order valence-corrected chi connectivity index (χ0v) is 55.4. The van der Waals surface area contributed by atoms with Crippen LogP contribution in [0.5, 0.6) is 0 Å². The first-order valence-corrected chi connectivity index (χ1v) is 32.4. The van der Waals surface area contributed by atoms with E-state index >= 15 is 14.4 Å². The number of carbonyl (C=O) groups is 12. The van der Waals surface area contributed by atoms with Gasteiger partial charge in [0.2, 0.25) is 65.0 Å². The normalized spacial score (nSPS) is 24.9. The zero-order valence-electron chi connectivity index (χ0n) is 55.4. The molecule has 0 radical (unpaired) electrons. The molecular formula is C64H99N15O17. The highest BCUT2D eigenvalue weighted by Gasteiger charge is 2.44. The van der Waals surface area contributed by atoms with E-state index in [0.717, 1.165) is 39.0 Å². The lowest BCUT2D eigenvalue weighted by Crippen LogP contribution is -2.64. The van der Waals surface area contributed by atoms with Gasteiger partial charge in [-0.15, -0.1) is 0 Å². The number of nitrogens with one attached hydrogen (secondary N) is 12. The number of hydrogen-bond acceptors (Lipinski definition) is 19. The minimum absolute atomic E-state index is 0.0122. The number of esters is 1. The summed E-state index contributed by atoms with van der Waals surface area (Å²) in [6.45, 7) is 8.33. The number of rotatable bonds is 23. The number of ether oxygens (including phenoxy) is 1. The van der Waals surface area contributed by atoms with E-state index in [2.05, 4.69) is 53.2 Å². The van der Waals surface area contributed by atoms with Gasteiger partial charge in [0.1, 0.15) is 48.3 Å². The molecule has 32 nitrogen and oxygen atoms in total. The predicted octanol–water partition coefficient (Wildman–Crippen LogP) is -4.10. The smallest absolute Gasteiger partial charge is 0.331 e. The summed E-state index contributed by atoms with van der Waals surface area (Å²) in [5.74, 6) is -16.9. The molecule has 96 heavy (non-hydrogen) atoms. The average Bonchev–Trinajstić information content (AvgIpc) is 0.833. The SMILES string of the molecule is CC[C@H](C)[C@@H]1NC(=O)[C@@H](CCCNC(=N)N)NC(=O)[C@H](CC(C)C)NC(=O)[C@H]([C@H](O)C(C)C)NC(=O)[C@@H](NC(=O)[C@H](Cc2ccccc2)NC(=O)[C@@H](N)CC2CCCCC2)[C@@H](c2ccccc2)OC(=O)[C@H](CO)NC(=O)[C@H]([C@H](O)C(N)=O)NC(=O)CNC(=O)[C@H]([C@H](C)O)NC1=O. The Bertz CT molecular complexity index is 2970. The van der Waals surface area contributed by atoms with Crippen molar-refractivity contribution in [2.24, 2.45) is 40.9 Å². The van der Waals surface area contributed by atoms with Crippen molar-refractivity contribution in [1.29, 1.82) is 5.41 Å². The van der Waals surface area contributed by atoms with Crippen LogP contribution in [0.3, 0.4) is 0 Å². The molecule has 1 saturated carbocycles. The van der Waals surface area contributed by atoms with Gasteiger partial charge in [-0.1, -0.05) is 141 Å². The summed E-state index contributed by atoms with van der Waals surface area (Å²) in [5.41, 5.74) is 17.8. The maximum Gasteiger partial charge on any atom is 0.331 e. The summed E-state index contributed by atoms with van der Waals surface area (Å²) in [6.07, 6.45) is -3.55. The number of amides is 11. The van der Waals surface area contributed by atoms with Crippen LogP contribution in [0.2, 0.25) is 0 Å². The number of aliphatic hydroxyl groups excluding tert-OH is 4. The van der Waals surface area contributed by atoms with Crippen molar-refractivity contribution in [3.63, 3.8) is 0 Å². The molecule has 4 rings (SSSR count). The number of hydrogen-bond donors (Lipinski definition) is 19. The fourth-order valence-electron chi connectivity index (χ4n) is 10.9. The molecule has 32 heteroatoms. The van der Waals surface area contributed by atoms with Gasteiger partial charge in [-0.05, 0) is 67.4 Å². The Balaban J connectivity index is 1.99. The van der Waals surface area contributed by atoms with E-state index < -0.39 is 193 Å². The predicted molar refractivity (Wildman–Crippen MR) is 348 cm³/mol. The Morgan fingerprint density at radius 3 is 1.79 bits per heavy atom. The third-order valence-corrected chi connectivity index (χ3v) is 16.7. The second-order valence-corrected chi connectivity index (χ2v) is 25.3. The number of aliphatic hydroxyl groups is 4. The molecule has 2 aromatic rings. The topological polar surface area (TPSA) is 529 Å². The number of benzene rings is 2. The molecule has 1 aliphatic heterocycles. The molecule has 532 valence electrons. The number of nitrogens with two attached hydrogens (primary N) is 3. The molecule has 22 N–H and O–H groups in total. The van der Waals surface area contributed by atoms with Crippen molar-refractivity contribution in [1.82, 2.24) is 58.5 Å². The van der Waals surface area contributed by atoms with Crippen LogP contribution in [0, 0.1) is 29.1 Å². The van der Waals surface area contributed by atoms with Crippen molar-refractivity contribution in [2.75, 3.05) is 19.7 Å². The van der Waals surface area contributed by atoms with Crippen molar-refractivity contribution in [3.8, 4) is 0 Å². The molecule has 0 unspecified atom stereocenters. The Kier molecular flexibility index (Phi) is 32.5. The fourth-order valence-corrected chi connectivity index (χ4v) is 10.9. The second kappa shape index (κ2) is 39.3. The lowest BCUT2D eigenvalue weighted by Gasteiger charge is -2.33. The van der Waals surface area contributed by atoms with Crippen LogP contribution in [0.25, 0.3) is 0 Å². The molecule has 11 amide bonds. The van der Waals surface area contributed by atoms with Crippen molar-refractivity contribution in [2.45, 2.75) is 204 Å². The van der Waals surface area contributed by atoms with Crippen molar-refractivity contribution in [3.05, 3.63) is 71.8 Å². The van der Waals surface area contributed by atoms with Gasteiger partial charge in [-0.3, -0.25) is 58.1 Å². The highest BCUT2D eigenvalue weighted by molar-refractivity contribution is 6.00. The van der Waals surface area contributed by atoms with Gasteiger partial charge in [0.15, 0.2) is 24.2 Å². The average molecular weight is 1350 g/mol. The monoisotopic (exact) mass is 1350 g/mol. The minimum Gasteiger partial charge on any atom is -0.453 e. The quantitative estimate of drug-likeness (QED) is 0.0218. The van der Waals surface area contributed by atoms with Gasteiger partial charge < -0.3 is 101 Å². The third kappa shape index (κ3) is 25.0. The Labute approximate surface area is 557 Å². The van der Waals surface area contributed by atoms with E-state index in [1.54, 1.807) is 58.0 Å². The number of carbonyl (C=O) groups excluding carboxylic acids is 12. The summed E-state index contributed by atoms with van der Waals surface area (Å²) >= 11 is 0. The third-order valence-electron chi connectivity index (χ3n) is 16.7. The molecular weight excluding hydrogens is 1250 g/mol. The summed E-state index contributed by atoms with van der Waals surface area (Å²) in [6, 6.07) is -2.50. The van der Waals surface area contributed by atoms with E-state index in [-0.39, 0.29) is 50.1 Å². The van der Waals surface area contributed by atoms with Crippen LogP contribution in [0.1, 0.15) is 130 Å². The van der Waals surface area contributed by atoms with E-state index in [1.807, 2.05) is 5.32 Å². The van der Waals surface area contributed by atoms with Gasteiger partial charge in [-0.25, -0.2) is 4.79 Å².